The number of hydrogen-bond donors (Lipinski definition) is 0. The lowest BCUT2D eigenvalue weighted by Crippen LogP contribution is -2.31. The van der Waals surface area contributed by atoms with Gasteiger partial charge in [-0.2, -0.15) is 0 Å². The van der Waals surface area contributed by atoms with E-state index in [4.69, 9.17) is 4.98 Å². The molecule has 1 nitrogen and oxygen atoms in total. The first kappa shape index (κ1) is 30.7. The van der Waals surface area contributed by atoms with Gasteiger partial charge in [-0.25, -0.2) is 0 Å². The number of benzene rings is 6. The second kappa shape index (κ2) is 12.9. The van der Waals surface area contributed by atoms with Crippen LogP contribution in [0.4, 0.5) is 0 Å². The molecule has 0 aliphatic heterocycles. The van der Waals surface area contributed by atoms with Gasteiger partial charge in [0.15, 0.2) is 0 Å². The zero-order valence-electron chi connectivity index (χ0n) is 29.3. The molecule has 3 aliphatic carbocycles. The molecule has 52 heavy (non-hydrogen) atoms. The molecule has 0 saturated heterocycles. The molecule has 0 N–H and O–H groups in total. The second-order valence-corrected chi connectivity index (χ2v) is 14.3. The topological polar surface area (TPSA) is 12.9 Å². The molecule has 0 radical (unpaired) electrons. The Hall–Kier alpha value is -6.05. The molecule has 0 saturated carbocycles. The molecule has 6 aromatic carbocycles. The van der Waals surface area contributed by atoms with Gasteiger partial charge in [-0.1, -0.05) is 140 Å². The smallest absolute Gasteiger partial charge is 0.0708 e. The predicted molar refractivity (Wildman–Crippen MR) is 221 cm³/mol. The summed E-state index contributed by atoms with van der Waals surface area (Å²) in [5.41, 5.74) is 15.7. The number of allylic oxidation sites excluding steroid dienone is 5. The van der Waals surface area contributed by atoms with Gasteiger partial charge in [-0.3, -0.25) is 4.98 Å². The van der Waals surface area contributed by atoms with E-state index < -0.39 is 0 Å². The van der Waals surface area contributed by atoms with E-state index >= 15 is 0 Å². The fraction of sp³-hybridized carbons (Fsp3) is 0.118. The number of fused-ring (bicyclic) bond motifs is 4. The first-order chi connectivity index (χ1) is 25.8. The van der Waals surface area contributed by atoms with Crippen molar-refractivity contribution in [2.24, 2.45) is 0 Å². The first-order valence-electron chi connectivity index (χ1n) is 18.8. The van der Waals surface area contributed by atoms with Crippen molar-refractivity contribution < 1.29 is 0 Å². The molecule has 0 unspecified atom stereocenters. The van der Waals surface area contributed by atoms with Gasteiger partial charge in [0, 0.05) is 11.8 Å². The van der Waals surface area contributed by atoms with E-state index in [-0.39, 0.29) is 0 Å². The van der Waals surface area contributed by atoms with Crippen molar-refractivity contribution in [2.75, 3.05) is 0 Å². The van der Waals surface area contributed by atoms with Crippen molar-refractivity contribution in [3.63, 3.8) is 0 Å². The van der Waals surface area contributed by atoms with Gasteiger partial charge in [0.05, 0.1) is 5.69 Å². The molecule has 10 rings (SSSR count). The van der Waals surface area contributed by atoms with Crippen LogP contribution in [0, 0.1) is 0 Å². The highest BCUT2D eigenvalue weighted by atomic mass is 14.7. The SMILES string of the molecule is C1=Cc2ccc(-c3cc(C4=CCCC(c5c6ccccc6c(C6=c7cccc(-c8ccccc8)c7=CCC6)c6ccccc56)=C4)ccn3)cc2CC1. The molecular formula is C51H39N. The van der Waals surface area contributed by atoms with Gasteiger partial charge in [-0.05, 0) is 144 Å². The summed E-state index contributed by atoms with van der Waals surface area (Å²) in [5, 5.41) is 8.09. The van der Waals surface area contributed by atoms with Crippen LogP contribution >= 0.6 is 0 Å². The molecular weight excluding hydrogens is 627 g/mol. The van der Waals surface area contributed by atoms with Crippen LogP contribution in [-0.2, 0) is 6.42 Å². The number of aromatic nitrogens is 1. The Labute approximate surface area is 305 Å². The summed E-state index contributed by atoms with van der Waals surface area (Å²) in [5.74, 6) is 0. The Bertz CT molecular complexity index is 2720. The van der Waals surface area contributed by atoms with Crippen LogP contribution < -0.4 is 10.4 Å². The number of pyridine rings is 1. The van der Waals surface area contributed by atoms with E-state index in [1.54, 1.807) is 0 Å². The lowest BCUT2D eigenvalue weighted by atomic mass is 9.80. The fourth-order valence-corrected chi connectivity index (χ4v) is 8.93. The standard InChI is InChI=1S/C51H39N/c1-2-14-35(15-3-1)41-23-11-25-43-42(41)24-12-26-44(43)51-47-21-8-6-19-45(47)50(46-20-7-9-22-48(46)51)40-18-10-17-37(32-40)38-29-30-52-49(33-38)39-28-27-34-13-4-5-16-36(34)31-39/h1-4,6-9,11,13-15,17,19-25,27-33H,5,10,12,16,18,26H2. The van der Waals surface area contributed by atoms with Crippen LogP contribution in [0.1, 0.15) is 59.9 Å². The molecule has 248 valence electrons. The van der Waals surface area contributed by atoms with Crippen molar-refractivity contribution >= 4 is 50.4 Å². The van der Waals surface area contributed by atoms with Gasteiger partial charge in [0.1, 0.15) is 0 Å². The van der Waals surface area contributed by atoms with Crippen molar-refractivity contribution in [1.82, 2.24) is 4.98 Å². The van der Waals surface area contributed by atoms with Crippen LogP contribution in [0.3, 0.4) is 0 Å². The van der Waals surface area contributed by atoms with Gasteiger partial charge >= 0.3 is 0 Å². The highest BCUT2D eigenvalue weighted by molar-refractivity contribution is 6.16. The van der Waals surface area contributed by atoms with E-state index in [9.17, 15) is 0 Å². The minimum Gasteiger partial charge on any atom is -0.256 e. The average Bonchev–Trinajstić information content (AvgIpc) is 3.22. The Kier molecular flexibility index (Phi) is 7.64. The number of rotatable bonds is 5. The maximum Gasteiger partial charge on any atom is 0.0708 e. The molecule has 0 atom stereocenters. The summed E-state index contributed by atoms with van der Waals surface area (Å²) in [6.07, 6.45) is 20.1. The van der Waals surface area contributed by atoms with Crippen molar-refractivity contribution in [3.05, 3.63) is 190 Å². The van der Waals surface area contributed by atoms with E-state index in [1.807, 2.05) is 6.20 Å². The molecule has 0 amide bonds. The summed E-state index contributed by atoms with van der Waals surface area (Å²) in [6, 6.07) is 47.3. The van der Waals surface area contributed by atoms with Crippen LogP contribution in [-0.4, -0.2) is 4.98 Å². The molecule has 0 spiro atoms. The number of nitrogens with zero attached hydrogens (tertiary/aromatic N) is 1. The maximum absolute atomic E-state index is 4.83. The van der Waals surface area contributed by atoms with Gasteiger partial charge < -0.3 is 0 Å². The Balaban J connectivity index is 1.13. The first-order valence-corrected chi connectivity index (χ1v) is 18.8. The molecule has 3 aliphatic rings. The summed E-state index contributed by atoms with van der Waals surface area (Å²) in [7, 11) is 0. The van der Waals surface area contributed by atoms with Gasteiger partial charge in [0.2, 0.25) is 0 Å². The highest BCUT2D eigenvalue weighted by Crippen LogP contribution is 2.43. The van der Waals surface area contributed by atoms with Crippen LogP contribution in [0.25, 0.3) is 72.8 Å². The van der Waals surface area contributed by atoms with Crippen molar-refractivity contribution in [2.45, 2.75) is 38.5 Å². The predicted octanol–water partition coefficient (Wildman–Crippen LogP) is 11.7. The molecule has 1 heteroatoms. The third-order valence-corrected chi connectivity index (χ3v) is 11.3. The van der Waals surface area contributed by atoms with Gasteiger partial charge in [-0.15, -0.1) is 0 Å². The van der Waals surface area contributed by atoms with Crippen LogP contribution in [0.5, 0.6) is 0 Å². The minimum absolute atomic E-state index is 1.01. The quantitative estimate of drug-likeness (QED) is 0.167. The zero-order chi connectivity index (χ0) is 34.4. The summed E-state index contributed by atoms with van der Waals surface area (Å²) < 4.78 is 0. The molecule has 0 fully saturated rings. The molecule has 1 heterocycles. The molecule has 1 aromatic heterocycles. The van der Waals surface area contributed by atoms with Crippen LogP contribution in [0.15, 0.2) is 152 Å². The fourth-order valence-electron chi connectivity index (χ4n) is 8.93. The van der Waals surface area contributed by atoms with Gasteiger partial charge in [0.25, 0.3) is 0 Å². The highest BCUT2D eigenvalue weighted by Gasteiger charge is 2.22. The number of aryl methyl sites for hydroxylation is 1. The minimum atomic E-state index is 1.01. The summed E-state index contributed by atoms with van der Waals surface area (Å²) >= 11 is 0. The Morgan fingerprint density at radius 2 is 1.27 bits per heavy atom. The number of hydrogen-bond acceptors (Lipinski definition) is 1. The summed E-state index contributed by atoms with van der Waals surface area (Å²) in [6.45, 7) is 0. The van der Waals surface area contributed by atoms with Crippen molar-refractivity contribution in [3.8, 4) is 22.4 Å². The van der Waals surface area contributed by atoms with Crippen molar-refractivity contribution in [1.29, 1.82) is 0 Å². The van der Waals surface area contributed by atoms with E-state index in [2.05, 4.69) is 158 Å². The Morgan fingerprint density at radius 3 is 2.08 bits per heavy atom. The van der Waals surface area contributed by atoms with E-state index in [1.165, 1.54) is 93.2 Å². The van der Waals surface area contributed by atoms with E-state index in [0.29, 0.717) is 0 Å². The maximum atomic E-state index is 4.83. The van der Waals surface area contributed by atoms with Crippen LogP contribution in [0.2, 0.25) is 0 Å². The monoisotopic (exact) mass is 665 g/mol. The third-order valence-electron chi connectivity index (χ3n) is 11.3. The zero-order valence-corrected chi connectivity index (χ0v) is 29.3. The largest absolute Gasteiger partial charge is 0.256 e. The lowest BCUT2D eigenvalue weighted by molar-refractivity contribution is 0.986. The second-order valence-electron chi connectivity index (χ2n) is 14.3. The lowest BCUT2D eigenvalue weighted by Gasteiger charge is -2.23. The molecule has 0 bridgehead atoms. The summed E-state index contributed by atoms with van der Waals surface area (Å²) in [4.78, 5) is 4.83. The van der Waals surface area contributed by atoms with E-state index in [0.717, 1.165) is 44.2 Å². The normalized spacial score (nSPS) is 15.1. The molecule has 7 aromatic rings. The average molecular weight is 666 g/mol. The third kappa shape index (κ3) is 5.28. The Morgan fingerprint density at radius 1 is 0.519 bits per heavy atom.